The Kier molecular flexibility index (Phi) is 5.62. The van der Waals surface area contributed by atoms with Crippen LogP contribution in [0.1, 0.15) is 39.0 Å². The molecule has 2 aliphatic heterocycles. The van der Waals surface area contributed by atoms with Gasteiger partial charge in [0.25, 0.3) is 0 Å². The van der Waals surface area contributed by atoms with E-state index in [0.717, 1.165) is 39.0 Å². The lowest BCUT2D eigenvalue weighted by molar-refractivity contribution is 0.215. The summed E-state index contributed by atoms with van der Waals surface area (Å²) in [6, 6.07) is 0.143. The van der Waals surface area contributed by atoms with Crippen LogP contribution in [0.5, 0.6) is 0 Å². The number of nitrogens with zero attached hydrogens (tertiary/aromatic N) is 1. The summed E-state index contributed by atoms with van der Waals surface area (Å²) in [5.41, 5.74) is 0. The molecule has 2 aliphatic rings. The van der Waals surface area contributed by atoms with E-state index in [0.29, 0.717) is 0 Å². The van der Waals surface area contributed by atoms with Gasteiger partial charge >= 0.3 is 0 Å². The van der Waals surface area contributed by atoms with Crippen LogP contribution in [-0.2, 0) is 10.0 Å². The molecule has 0 aromatic rings. The highest BCUT2D eigenvalue weighted by Gasteiger charge is 2.24. The lowest BCUT2D eigenvalue weighted by Crippen LogP contribution is -2.46. The highest BCUT2D eigenvalue weighted by atomic mass is 32.2. The van der Waals surface area contributed by atoms with Crippen molar-refractivity contribution in [1.82, 2.24) is 14.9 Å². The molecule has 6 heteroatoms. The molecule has 2 atom stereocenters. The predicted octanol–water partition coefficient (Wildman–Crippen LogP) is 0.532. The van der Waals surface area contributed by atoms with E-state index in [9.17, 15) is 8.42 Å². The van der Waals surface area contributed by atoms with Gasteiger partial charge in [0.1, 0.15) is 0 Å². The number of hydrogen-bond donors (Lipinski definition) is 2. The molecule has 19 heavy (non-hydrogen) atoms. The van der Waals surface area contributed by atoms with E-state index in [2.05, 4.69) is 14.9 Å². The molecule has 2 N–H and O–H groups in total. The third-order valence-corrected chi connectivity index (χ3v) is 5.55. The minimum atomic E-state index is -3.15. The largest absolute Gasteiger partial charge is 0.313 e. The fourth-order valence-electron chi connectivity index (χ4n) is 3.09. The number of rotatable bonds is 6. The summed E-state index contributed by atoms with van der Waals surface area (Å²) in [6.07, 6.45) is 5.85. The molecule has 0 aromatic carbocycles. The quantitative estimate of drug-likeness (QED) is 0.749. The molecule has 0 aliphatic carbocycles. The fourth-order valence-corrected chi connectivity index (χ4v) is 4.68. The predicted molar refractivity (Wildman–Crippen MR) is 77.7 cm³/mol. The maximum Gasteiger partial charge on any atom is 0.213 e. The first-order chi connectivity index (χ1) is 9.05. The van der Waals surface area contributed by atoms with E-state index < -0.39 is 10.0 Å². The average molecular weight is 289 g/mol. The van der Waals surface area contributed by atoms with Crippen LogP contribution in [-0.4, -0.2) is 57.3 Å². The van der Waals surface area contributed by atoms with Crippen LogP contribution in [0.15, 0.2) is 0 Å². The van der Waals surface area contributed by atoms with E-state index in [1.165, 1.54) is 19.3 Å². The van der Waals surface area contributed by atoms with E-state index in [1.807, 2.05) is 6.92 Å². The number of hydrogen-bond acceptors (Lipinski definition) is 4. The van der Waals surface area contributed by atoms with E-state index in [-0.39, 0.29) is 17.8 Å². The standard InChI is InChI=1S/C13H27N3O2S/c1-12(10-16-8-3-2-4-9-16)15-19(17,18)11-13-6-5-7-14-13/h12-15H,2-11H2,1H3. The Morgan fingerprint density at radius 1 is 1.26 bits per heavy atom. The molecule has 112 valence electrons. The summed E-state index contributed by atoms with van der Waals surface area (Å²) >= 11 is 0. The van der Waals surface area contributed by atoms with Crippen molar-refractivity contribution in [2.45, 2.75) is 51.1 Å². The topological polar surface area (TPSA) is 61.4 Å². The van der Waals surface area contributed by atoms with Crippen LogP contribution in [0.3, 0.4) is 0 Å². The summed E-state index contributed by atoms with van der Waals surface area (Å²) in [6.45, 7) is 5.96. The van der Waals surface area contributed by atoms with Crippen molar-refractivity contribution >= 4 is 10.0 Å². The SMILES string of the molecule is CC(CN1CCCCC1)NS(=O)(=O)CC1CCCN1. The van der Waals surface area contributed by atoms with Crippen molar-refractivity contribution in [2.24, 2.45) is 0 Å². The number of piperidine rings is 1. The van der Waals surface area contributed by atoms with E-state index in [4.69, 9.17) is 0 Å². The zero-order valence-electron chi connectivity index (χ0n) is 11.9. The molecule has 2 fully saturated rings. The van der Waals surface area contributed by atoms with Crippen molar-refractivity contribution in [2.75, 3.05) is 31.9 Å². The maximum absolute atomic E-state index is 12.1. The van der Waals surface area contributed by atoms with Gasteiger partial charge in [-0.05, 0) is 52.2 Å². The lowest BCUT2D eigenvalue weighted by Gasteiger charge is -2.29. The Labute approximate surface area is 117 Å². The zero-order chi connectivity index (χ0) is 13.7. The molecule has 0 aromatic heterocycles. The molecular weight excluding hydrogens is 262 g/mol. The van der Waals surface area contributed by atoms with E-state index in [1.54, 1.807) is 0 Å². The molecular formula is C13H27N3O2S. The Bertz CT molecular complexity index is 360. The summed E-state index contributed by atoms with van der Waals surface area (Å²) in [5.74, 6) is 0.220. The molecule has 2 heterocycles. The highest BCUT2D eigenvalue weighted by molar-refractivity contribution is 7.89. The maximum atomic E-state index is 12.1. The Morgan fingerprint density at radius 3 is 2.63 bits per heavy atom. The Morgan fingerprint density at radius 2 is 2.00 bits per heavy atom. The number of likely N-dealkylation sites (tertiary alicyclic amines) is 1. The molecule has 0 saturated carbocycles. The Balaban J connectivity index is 1.74. The molecule has 0 amide bonds. The normalized spacial score (nSPS) is 27.5. The van der Waals surface area contributed by atoms with Crippen molar-refractivity contribution in [3.63, 3.8) is 0 Å². The van der Waals surface area contributed by atoms with Gasteiger partial charge in [-0.1, -0.05) is 6.42 Å². The average Bonchev–Trinajstić information content (AvgIpc) is 2.81. The van der Waals surface area contributed by atoms with Crippen LogP contribution >= 0.6 is 0 Å². The van der Waals surface area contributed by atoms with Gasteiger partial charge in [0.05, 0.1) is 5.75 Å². The zero-order valence-corrected chi connectivity index (χ0v) is 12.7. The molecule has 5 nitrogen and oxygen atoms in total. The molecule has 2 unspecified atom stereocenters. The summed E-state index contributed by atoms with van der Waals surface area (Å²) < 4.78 is 27.0. The molecule has 0 spiro atoms. The van der Waals surface area contributed by atoms with Gasteiger partial charge in [-0.3, -0.25) is 0 Å². The second-order valence-electron chi connectivity index (χ2n) is 5.95. The molecule has 2 rings (SSSR count). The Hall–Kier alpha value is -0.170. The van der Waals surface area contributed by atoms with Crippen LogP contribution in [0.2, 0.25) is 0 Å². The fraction of sp³-hybridized carbons (Fsp3) is 1.00. The van der Waals surface area contributed by atoms with Gasteiger partial charge in [-0.2, -0.15) is 0 Å². The van der Waals surface area contributed by atoms with Crippen LogP contribution in [0, 0.1) is 0 Å². The lowest BCUT2D eigenvalue weighted by atomic mass is 10.1. The van der Waals surface area contributed by atoms with Crippen molar-refractivity contribution in [3.8, 4) is 0 Å². The van der Waals surface area contributed by atoms with E-state index >= 15 is 0 Å². The second kappa shape index (κ2) is 7.02. The summed E-state index contributed by atoms with van der Waals surface area (Å²) in [4.78, 5) is 2.37. The van der Waals surface area contributed by atoms with Gasteiger partial charge in [-0.15, -0.1) is 0 Å². The summed E-state index contributed by atoms with van der Waals surface area (Å²) in [5, 5.41) is 3.24. The van der Waals surface area contributed by atoms with Crippen molar-refractivity contribution in [1.29, 1.82) is 0 Å². The van der Waals surface area contributed by atoms with Crippen LogP contribution < -0.4 is 10.0 Å². The third-order valence-electron chi connectivity index (χ3n) is 3.94. The van der Waals surface area contributed by atoms with Gasteiger partial charge in [0, 0.05) is 18.6 Å². The highest BCUT2D eigenvalue weighted by Crippen LogP contribution is 2.10. The van der Waals surface area contributed by atoms with Gasteiger partial charge in [-0.25, -0.2) is 13.1 Å². The third kappa shape index (κ3) is 5.38. The first kappa shape index (κ1) is 15.2. The van der Waals surface area contributed by atoms with Crippen molar-refractivity contribution < 1.29 is 8.42 Å². The van der Waals surface area contributed by atoms with Gasteiger partial charge in [0.2, 0.25) is 10.0 Å². The minimum absolute atomic E-state index is 0.00417. The second-order valence-corrected chi connectivity index (χ2v) is 7.75. The minimum Gasteiger partial charge on any atom is -0.313 e. The first-order valence-electron chi connectivity index (χ1n) is 7.51. The number of nitrogens with one attached hydrogen (secondary N) is 2. The summed E-state index contributed by atoms with van der Waals surface area (Å²) in [7, 11) is -3.15. The monoisotopic (exact) mass is 289 g/mol. The molecule has 0 radical (unpaired) electrons. The van der Waals surface area contributed by atoms with Crippen molar-refractivity contribution in [3.05, 3.63) is 0 Å². The first-order valence-corrected chi connectivity index (χ1v) is 9.16. The van der Waals surface area contributed by atoms with Gasteiger partial charge < -0.3 is 10.2 Å². The number of sulfonamides is 1. The smallest absolute Gasteiger partial charge is 0.213 e. The van der Waals surface area contributed by atoms with Gasteiger partial charge in [0.15, 0.2) is 0 Å². The molecule has 2 saturated heterocycles. The van der Waals surface area contributed by atoms with Crippen LogP contribution in [0.4, 0.5) is 0 Å². The molecule has 0 bridgehead atoms. The van der Waals surface area contributed by atoms with Crippen LogP contribution in [0.25, 0.3) is 0 Å².